The van der Waals surface area contributed by atoms with E-state index >= 15 is 0 Å². The van der Waals surface area contributed by atoms with E-state index < -0.39 is 0 Å². The zero-order valence-electron chi connectivity index (χ0n) is 16.3. The second kappa shape index (κ2) is 8.64. The van der Waals surface area contributed by atoms with Gasteiger partial charge < -0.3 is 15.0 Å². The molecule has 2 aromatic carbocycles. The van der Waals surface area contributed by atoms with Crippen LogP contribution >= 0.6 is 0 Å². The third kappa shape index (κ3) is 4.94. The van der Waals surface area contributed by atoms with Crippen LogP contribution in [0.25, 0.3) is 0 Å². The van der Waals surface area contributed by atoms with Crippen molar-refractivity contribution >= 4 is 11.8 Å². The Morgan fingerprint density at radius 3 is 2.55 bits per heavy atom. The van der Waals surface area contributed by atoms with Crippen molar-refractivity contribution in [2.75, 3.05) is 13.2 Å². The third-order valence-electron chi connectivity index (χ3n) is 5.47. The summed E-state index contributed by atoms with van der Waals surface area (Å²) in [5, 5.41) is 2.96. The number of rotatable bonds is 7. The molecular weight excluding hydrogens is 371 g/mol. The predicted octanol–water partition coefficient (Wildman–Crippen LogP) is 3.33. The molecule has 2 aliphatic rings. The van der Waals surface area contributed by atoms with E-state index in [4.69, 9.17) is 4.74 Å². The molecule has 1 heterocycles. The molecule has 4 rings (SSSR count). The first-order chi connectivity index (χ1) is 14.1. The van der Waals surface area contributed by atoms with Crippen molar-refractivity contribution < 1.29 is 18.7 Å². The third-order valence-corrected chi connectivity index (χ3v) is 5.47. The van der Waals surface area contributed by atoms with E-state index in [0.29, 0.717) is 36.1 Å². The fourth-order valence-corrected chi connectivity index (χ4v) is 3.63. The summed E-state index contributed by atoms with van der Waals surface area (Å²) in [6.07, 6.45) is 3.96. The van der Waals surface area contributed by atoms with Crippen LogP contribution in [0.3, 0.4) is 0 Å². The lowest BCUT2D eigenvalue weighted by molar-refractivity contribution is -0.131. The second-order valence-electron chi connectivity index (χ2n) is 7.73. The highest BCUT2D eigenvalue weighted by Gasteiger charge is 2.29. The fourth-order valence-electron chi connectivity index (χ4n) is 3.63. The van der Waals surface area contributed by atoms with Gasteiger partial charge in [0.25, 0.3) is 5.91 Å². The van der Waals surface area contributed by atoms with Gasteiger partial charge in [-0.05, 0) is 61.6 Å². The van der Waals surface area contributed by atoms with Crippen molar-refractivity contribution in [3.8, 4) is 5.75 Å². The molecule has 1 saturated carbocycles. The summed E-state index contributed by atoms with van der Waals surface area (Å²) < 4.78 is 19.7. The summed E-state index contributed by atoms with van der Waals surface area (Å²) in [5.74, 6) is 0.188. The van der Waals surface area contributed by atoms with Crippen LogP contribution in [0.15, 0.2) is 48.5 Å². The maximum atomic E-state index is 13.8. The highest BCUT2D eigenvalue weighted by atomic mass is 19.1. The lowest BCUT2D eigenvalue weighted by Gasteiger charge is -2.25. The van der Waals surface area contributed by atoms with E-state index in [2.05, 4.69) is 5.32 Å². The Hall–Kier alpha value is -2.89. The van der Waals surface area contributed by atoms with Crippen LogP contribution in [0.2, 0.25) is 0 Å². The molecule has 1 N–H and O–H groups in total. The Bertz CT molecular complexity index is 880. The number of nitrogens with one attached hydrogen (secondary N) is 1. The molecule has 0 aromatic heterocycles. The average molecular weight is 396 g/mol. The highest BCUT2D eigenvalue weighted by molar-refractivity contribution is 5.94. The van der Waals surface area contributed by atoms with Crippen molar-refractivity contribution in [2.24, 2.45) is 0 Å². The molecular formula is C23H25FN2O3. The zero-order valence-corrected chi connectivity index (χ0v) is 16.3. The first-order valence-corrected chi connectivity index (χ1v) is 10.2. The van der Waals surface area contributed by atoms with E-state index in [1.54, 1.807) is 47.4 Å². The van der Waals surface area contributed by atoms with E-state index in [1.165, 1.54) is 6.07 Å². The van der Waals surface area contributed by atoms with Crippen molar-refractivity contribution in [1.82, 2.24) is 10.2 Å². The van der Waals surface area contributed by atoms with Gasteiger partial charge >= 0.3 is 0 Å². The summed E-state index contributed by atoms with van der Waals surface area (Å²) in [6, 6.07) is 13.8. The monoisotopic (exact) mass is 396 g/mol. The lowest BCUT2D eigenvalue weighted by atomic mass is 10.1. The van der Waals surface area contributed by atoms with E-state index in [-0.39, 0.29) is 30.1 Å². The smallest absolute Gasteiger partial charge is 0.251 e. The van der Waals surface area contributed by atoms with Crippen molar-refractivity contribution in [3.63, 3.8) is 0 Å². The number of benzene rings is 2. The summed E-state index contributed by atoms with van der Waals surface area (Å²) >= 11 is 0. The zero-order chi connectivity index (χ0) is 20.2. The number of hydrogen-bond acceptors (Lipinski definition) is 3. The molecule has 2 amide bonds. The lowest BCUT2D eigenvalue weighted by Crippen LogP contribution is -2.40. The summed E-state index contributed by atoms with van der Waals surface area (Å²) in [6.45, 7) is 1.05. The van der Waals surface area contributed by atoms with E-state index in [0.717, 1.165) is 25.7 Å². The molecule has 2 aromatic rings. The van der Waals surface area contributed by atoms with Crippen LogP contribution in [0, 0.1) is 5.82 Å². The topological polar surface area (TPSA) is 58.6 Å². The van der Waals surface area contributed by atoms with Gasteiger partial charge in [0.1, 0.15) is 18.2 Å². The minimum Gasteiger partial charge on any atom is -0.491 e. The van der Waals surface area contributed by atoms with Crippen molar-refractivity contribution in [2.45, 2.75) is 44.2 Å². The van der Waals surface area contributed by atoms with Gasteiger partial charge in [0.15, 0.2) is 0 Å². The van der Waals surface area contributed by atoms with E-state index in [9.17, 15) is 14.0 Å². The molecule has 29 heavy (non-hydrogen) atoms. The summed E-state index contributed by atoms with van der Waals surface area (Å²) in [4.78, 5) is 26.5. The van der Waals surface area contributed by atoms with Gasteiger partial charge in [0.05, 0.1) is 12.5 Å². The number of amides is 2. The SMILES string of the molecule is O=C(NC1CC1)c1ccc(OCC2CCCN2C(=O)Cc2ccccc2F)cc1. The van der Waals surface area contributed by atoms with E-state index in [1.807, 2.05) is 0 Å². The Kier molecular flexibility index (Phi) is 5.79. The Labute approximate surface area is 169 Å². The average Bonchev–Trinajstić information content (AvgIpc) is 3.41. The van der Waals surface area contributed by atoms with Crippen LogP contribution < -0.4 is 10.1 Å². The van der Waals surface area contributed by atoms with Crippen LogP contribution in [0.5, 0.6) is 5.75 Å². The molecule has 1 atom stereocenters. The minimum atomic E-state index is -0.348. The second-order valence-corrected chi connectivity index (χ2v) is 7.73. The molecule has 0 spiro atoms. The van der Waals surface area contributed by atoms with Gasteiger partial charge in [-0.3, -0.25) is 9.59 Å². The molecule has 1 aliphatic carbocycles. The molecule has 0 bridgehead atoms. The van der Waals surface area contributed by atoms with Crippen molar-refractivity contribution in [1.29, 1.82) is 0 Å². The maximum Gasteiger partial charge on any atom is 0.251 e. The first-order valence-electron chi connectivity index (χ1n) is 10.2. The highest BCUT2D eigenvalue weighted by Crippen LogP contribution is 2.22. The Balaban J connectivity index is 1.31. The Morgan fingerprint density at radius 1 is 1.07 bits per heavy atom. The van der Waals surface area contributed by atoms with Gasteiger partial charge in [0, 0.05) is 18.2 Å². The first kappa shape index (κ1) is 19.4. The fraction of sp³-hybridized carbons (Fsp3) is 0.391. The molecule has 5 nitrogen and oxygen atoms in total. The molecule has 1 unspecified atom stereocenters. The van der Waals surface area contributed by atoms with Crippen LogP contribution in [-0.4, -0.2) is 41.9 Å². The van der Waals surface area contributed by atoms with Gasteiger partial charge in [-0.25, -0.2) is 4.39 Å². The molecule has 2 fully saturated rings. The standard InChI is InChI=1S/C23H25FN2O3/c24-21-6-2-1-4-17(21)14-22(27)26-13-3-5-19(26)15-29-20-11-7-16(8-12-20)23(28)25-18-9-10-18/h1-2,4,6-8,11-12,18-19H,3,5,9-10,13-15H2,(H,25,28). The minimum absolute atomic E-state index is 0.0212. The number of hydrogen-bond donors (Lipinski definition) is 1. The normalized spacial score (nSPS) is 18.5. The van der Waals surface area contributed by atoms with Crippen LogP contribution in [0.4, 0.5) is 4.39 Å². The summed E-state index contributed by atoms with van der Waals surface area (Å²) in [5.41, 5.74) is 1.04. The summed E-state index contributed by atoms with van der Waals surface area (Å²) in [7, 11) is 0. The number of nitrogens with zero attached hydrogens (tertiary/aromatic N) is 1. The molecule has 1 saturated heterocycles. The van der Waals surface area contributed by atoms with Gasteiger partial charge in [-0.15, -0.1) is 0 Å². The number of carbonyl (C=O) groups is 2. The van der Waals surface area contributed by atoms with Crippen LogP contribution in [0.1, 0.15) is 41.6 Å². The Morgan fingerprint density at radius 2 is 1.83 bits per heavy atom. The molecule has 6 heteroatoms. The van der Waals surface area contributed by atoms with Crippen molar-refractivity contribution in [3.05, 3.63) is 65.5 Å². The van der Waals surface area contributed by atoms with Crippen LogP contribution in [-0.2, 0) is 11.2 Å². The van der Waals surface area contributed by atoms with Gasteiger partial charge in [0.2, 0.25) is 5.91 Å². The largest absolute Gasteiger partial charge is 0.491 e. The molecule has 1 aliphatic heterocycles. The quantitative estimate of drug-likeness (QED) is 0.781. The number of halogens is 1. The van der Waals surface area contributed by atoms with Gasteiger partial charge in [-0.2, -0.15) is 0 Å². The number of ether oxygens (including phenoxy) is 1. The maximum absolute atomic E-state index is 13.8. The van der Waals surface area contributed by atoms with Gasteiger partial charge in [-0.1, -0.05) is 18.2 Å². The number of carbonyl (C=O) groups excluding carboxylic acids is 2. The molecule has 152 valence electrons. The molecule has 0 radical (unpaired) electrons. The predicted molar refractivity (Wildman–Crippen MR) is 107 cm³/mol. The number of likely N-dealkylation sites (tertiary alicyclic amines) is 1.